The molecule has 4 aromatic rings. The van der Waals surface area contributed by atoms with E-state index in [4.69, 9.17) is 9.47 Å². The van der Waals surface area contributed by atoms with E-state index in [-0.39, 0.29) is 55.0 Å². The Hall–Kier alpha value is -2.84. The average Bonchev–Trinajstić information content (AvgIpc) is 3.07. The van der Waals surface area contributed by atoms with Crippen molar-refractivity contribution in [1.29, 1.82) is 0 Å². The van der Waals surface area contributed by atoms with Gasteiger partial charge in [0.05, 0.1) is 4.90 Å². The third-order valence-electron chi connectivity index (χ3n) is 7.87. The van der Waals surface area contributed by atoms with Gasteiger partial charge in [-0.3, -0.25) is 4.55 Å². The second-order valence-electron chi connectivity index (χ2n) is 11.9. The Morgan fingerprint density at radius 2 is 1.04 bits per heavy atom. The molecule has 13 heteroatoms. The van der Waals surface area contributed by atoms with Gasteiger partial charge in [0.1, 0.15) is 43.8 Å². The molecular weight excluding hydrogens is 721 g/mol. The molecule has 0 aliphatic carbocycles. The summed E-state index contributed by atoms with van der Waals surface area (Å²) in [4.78, 5) is -1.08. The van der Waals surface area contributed by atoms with E-state index in [1.807, 2.05) is 30.3 Å². The number of rotatable bonds is 18. The topological polar surface area (TPSA) is 173 Å². The maximum Gasteiger partial charge on any atom is 2.00 e. The number of aryl methyl sites for hydroxylation is 2. The van der Waals surface area contributed by atoms with Crippen LogP contribution in [0.5, 0.6) is 34.5 Å². The number of ether oxygens (including phenoxy) is 2. The van der Waals surface area contributed by atoms with Crippen LogP contribution in [-0.2, 0) is 33.1 Å². The summed E-state index contributed by atoms with van der Waals surface area (Å²) in [5, 5.41) is 20.9. The van der Waals surface area contributed by atoms with Gasteiger partial charge in [-0.05, 0) is 73.2 Å². The number of phenolic OH excluding ortho intramolecular Hbond substituents is 1. The van der Waals surface area contributed by atoms with Gasteiger partial charge < -0.3 is 24.2 Å². The number of hydrogen-bond donors (Lipinski definition) is 2. The number of aromatic hydroxyl groups is 1. The zero-order chi connectivity index (χ0) is 36.6. The molecule has 2 N–H and O–H groups in total. The third kappa shape index (κ3) is 15.3. The summed E-state index contributed by atoms with van der Waals surface area (Å²) in [5.74, 6) is 0.108. The van der Waals surface area contributed by atoms with Crippen molar-refractivity contribution in [2.45, 2.75) is 101 Å². The summed E-state index contributed by atoms with van der Waals surface area (Å²) < 4.78 is 78.0. The Balaban J connectivity index is 0.000000347. The van der Waals surface area contributed by atoms with E-state index in [9.17, 15) is 36.2 Å². The van der Waals surface area contributed by atoms with Crippen molar-refractivity contribution >= 4 is 58.0 Å². The zero-order valence-electron chi connectivity index (χ0n) is 29.3. The predicted octanol–water partition coefficient (Wildman–Crippen LogP) is 8.53. The molecule has 0 heterocycles. The number of benzene rings is 4. The zero-order valence-corrected chi connectivity index (χ0v) is 33.1. The Morgan fingerprint density at radius 3 is 1.51 bits per heavy atom. The van der Waals surface area contributed by atoms with Gasteiger partial charge in [-0.25, -0.2) is 8.42 Å². The van der Waals surface area contributed by atoms with Crippen molar-refractivity contribution in [3.05, 3.63) is 96.1 Å². The van der Waals surface area contributed by atoms with E-state index in [1.165, 1.54) is 62.8 Å². The van der Waals surface area contributed by atoms with E-state index in [2.05, 4.69) is 13.8 Å². The maximum atomic E-state index is 11.5. The quantitative estimate of drug-likeness (QED) is 0.0568. The molecule has 0 fully saturated rings. The number of para-hydroxylation sites is 2. The minimum absolute atomic E-state index is 0. The molecule has 0 saturated carbocycles. The standard InChI is InChI=1S/2C19H24O5S.Ca/c2*1-2-3-4-5-6-9-15-10-7-8-11-17(15)24-18-13-12-16(20)14-19(18)25(21,22)23;/h2*7-8,10-14,20H,2-6,9H2,1H3,(H,21,22,23);/q;;+2/p-2. The number of unbranched alkanes of at least 4 members (excludes halogenated alkanes) is 8. The summed E-state index contributed by atoms with van der Waals surface area (Å²) in [6.45, 7) is 4.34. The third-order valence-corrected chi connectivity index (χ3v) is 9.61. The molecule has 0 radical (unpaired) electrons. The summed E-state index contributed by atoms with van der Waals surface area (Å²) in [7, 11) is -9.29. The molecule has 0 aliphatic heterocycles. The van der Waals surface area contributed by atoms with E-state index < -0.39 is 35.8 Å². The van der Waals surface area contributed by atoms with E-state index in [1.54, 1.807) is 18.2 Å². The van der Waals surface area contributed by atoms with E-state index in [0.29, 0.717) is 11.5 Å². The summed E-state index contributed by atoms with van der Waals surface area (Å²) in [6.07, 6.45) is 13.1. The van der Waals surface area contributed by atoms with Crippen LogP contribution in [0.4, 0.5) is 0 Å². The van der Waals surface area contributed by atoms with Crippen molar-refractivity contribution in [2.75, 3.05) is 0 Å². The Bertz CT molecular complexity index is 1740. The molecule has 4 rings (SSSR count). The van der Waals surface area contributed by atoms with Crippen LogP contribution in [0.2, 0.25) is 0 Å². The summed E-state index contributed by atoms with van der Waals surface area (Å²) >= 11 is 0. The van der Waals surface area contributed by atoms with Crippen LogP contribution in [0, 0.1) is 0 Å². The fourth-order valence-corrected chi connectivity index (χ4v) is 6.50. The molecule has 0 spiro atoms. The average molecular weight is 767 g/mol. The maximum absolute atomic E-state index is 11.5. The first-order valence-electron chi connectivity index (χ1n) is 16.9. The van der Waals surface area contributed by atoms with E-state index >= 15 is 0 Å². The Morgan fingerprint density at radius 1 is 0.588 bits per heavy atom. The summed E-state index contributed by atoms with van der Waals surface area (Å²) in [6, 6.07) is 21.6. The molecule has 0 saturated heterocycles. The molecule has 0 aromatic heterocycles. The predicted molar refractivity (Wildman–Crippen MR) is 195 cm³/mol. The number of hydrogen-bond acceptors (Lipinski definition) is 9. The normalized spacial score (nSPS) is 11.2. The SMILES string of the molecule is CCCCCCCc1ccccc1Oc1ccc(O)cc1S(=O)(=O)O.CCCCCCCc1ccccc1Oc1ccc([O-])cc1S(=O)(=O)[O-].[Ca+2]. The smallest absolute Gasteiger partial charge is 0.872 e. The summed E-state index contributed by atoms with van der Waals surface area (Å²) in [5.41, 5.74) is 1.92. The molecule has 0 aliphatic rings. The Labute approximate surface area is 332 Å². The molecule has 272 valence electrons. The second kappa shape index (κ2) is 22.3. The van der Waals surface area contributed by atoms with Gasteiger partial charge in [0.25, 0.3) is 10.1 Å². The molecule has 0 unspecified atom stereocenters. The van der Waals surface area contributed by atoms with Crippen LogP contribution >= 0.6 is 0 Å². The van der Waals surface area contributed by atoms with Crippen LogP contribution in [0.25, 0.3) is 0 Å². The van der Waals surface area contributed by atoms with Crippen molar-refractivity contribution in [3.63, 3.8) is 0 Å². The van der Waals surface area contributed by atoms with Gasteiger partial charge >= 0.3 is 37.7 Å². The fraction of sp³-hybridized carbons (Fsp3) is 0.368. The first kappa shape index (κ1) is 44.3. The van der Waals surface area contributed by atoms with Crippen LogP contribution < -0.4 is 14.6 Å². The molecule has 51 heavy (non-hydrogen) atoms. The van der Waals surface area contributed by atoms with Gasteiger partial charge in [0.15, 0.2) is 0 Å². The molecule has 10 nitrogen and oxygen atoms in total. The van der Waals surface area contributed by atoms with Crippen LogP contribution in [0.15, 0.2) is 94.7 Å². The molecule has 0 atom stereocenters. The van der Waals surface area contributed by atoms with Crippen molar-refractivity contribution in [1.82, 2.24) is 0 Å². The van der Waals surface area contributed by atoms with Crippen LogP contribution in [0.1, 0.15) is 89.2 Å². The Kier molecular flexibility index (Phi) is 19.4. The molecular formula is C38H46CaO10S2. The molecule has 4 aromatic carbocycles. The first-order valence-corrected chi connectivity index (χ1v) is 19.8. The van der Waals surface area contributed by atoms with Gasteiger partial charge in [0, 0.05) is 6.07 Å². The van der Waals surface area contributed by atoms with Gasteiger partial charge in [-0.15, -0.1) is 5.75 Å². The largest absolute Gasteiger partial charge is 2.00 e. The van der Waals surface area contributed by atoms with Crippen LogP contribution in [0.3, 0.4) is 0 Å². The van der Waals surface area contributed by atoms with Crippen molar-refractivity contribution in [2.24, 2.45) is 0 Å². The van der Waals surface area contributed by atoms with Gasteiger partial charge in [-0.1, -0.05) is 108 Å². The van der Waals surface area contributed by atoms with Crippen LogP contribution in [-0.4, -0.2) is 68.8 Å². The van der Waals surface area contributed by atoms with E-state index in [0.717, 1.165) is 61.8 Å². The monoisotopic (exact) mass is 766 g/mol. The number of phenols is 1. The minimum atomic E-state index is -4.79. The van der Waals surface area contributed by atoms with Crippen molar-refractivity contribution < 1.29 is 45.6 Å². The minimum Gasteiger partial charge on any atom is -0.872 e. The van der Waals surface area contributed by atoms with Gasteiger partial charge in [-0.2, -0.15) is 8.42 Å². The van der Waals surface area contributed by atoms with Gasteiger partial charge in [0.2, 0.25) is 0 Å². The second-order valence-corrected chi connectivity index (χ2v) is 14.7. The molecule has 0 bridgehead atoms. The van der Waals surface area contributed by atoms with Crippen molar-refractivity contribution in [3.8, 4) is 34.5 Å². The fourth-order valence-electron chi connectivity index (χ4n) is 5.25. The first-order chi connectivity index (χ1) is 23.8. The molecule has 0 amide bonds.